The Labute approximate surface area is 174 Å². The third-order valence-corrected chi connectivity index (χ3v) is 5.87. The summed E-state index contributed by atoms with van der Waals surface area (Å²) in [6.45, 7) is 2.45. The molecule has 0 spiro atoms. The van der Waals surface area contributed by atoms with Gasteiger partial charge in [-0.1, -0.05) is 37.3 Å². The van der Waals surface area contributed by atoms with Gasteiger partial charge in [0.1, 0.15) is 6.04 Å². The maximum Gasteiger partial charge on any atom is 0.326 e. The van der Waals surface area contributed by atoms with Gasteiger partial charge in [0.2, 0.25) is 0 Å². The first kappa shape index (κ1) is 22.4. The number of nitrogens with one attached hydrogen (secondary N) is 1. The van der Waals surface area contributed by atoms with Gasteiger partial charge in [-0.3, -0.25) is 9.79 Å². The SMILES string of the molecule is CCC(Cc1ccccc1)c1ccc(C(=O)N[C@@H](CCCN=C(N)N)C(=O)O)s1. The number of hydrogen-bond acceptors (Lipinski definition) is 4. The van der Waals surface area contributed by atoms with E-state index >= 15 is 0 Å². The molecule has 1 unspecified atom stereocenters. The van der Waals surface area contributed by atoms with Gasteiger partial charge in [-0.05, 0) is 49.3 Å². The lowest BCUT2D eigenvalue weighted by Gasteiger charge is -2.14. The van der Waals surface area contributed by atoms with Gasteiger partial charge in [-0.15, -0.1) is 11.3 Å². The van der Waals surface area contributed by atoms with Crippen molar-refractivity contribution >= 4 is 29.2 Å². The maximum atomic E-state index is 12.6. The largest absolute Gasteiger partial charge is 0.480 e. The molecular formula is C21H28N4O3S. The van der Waals surface area contributed by atoms with Crippen LogP contribution < -0.4 is 16.8 Å². The van der Waals surface area contributed by atoms with Crippen LogP contribution in [0, 0.1) is 0 Å². The van der Waals surface area contributed by atoms with Crippen molar-refractivity contribution in [2.45, 2.75) is 44.6 Å². The van der Waals surface area contributed by atoms with Crippen LogP contribution in [-0.4, -0.2) is 35.5 Å². The third kappa shape index (κ3) is 7.23. The van der Waals surface area contributed by atoms with E-state index in [2.05, 4.69) is 29.4 Å². The summed E-state index contributed by atoms with van der Waals surface area (Å²) in [7, 11) is 0. The third-order valence-electron chi connectivity index (χ3n) is 4.62. The highest BCUT2D eigenvalue weighted by atomic mass is 32.1. The molecule has 0 bridgehead atoms. The number of nitrogens with zero attached hydrogens (tertiary/aromatic N) is 1. The van der Waals surface area contributed by atoms with E-state index in [1.165, 1.54) is 16.9 Å². The standard InChI is InChI=1S/C21H28N4O3S/c1-2-15(13-14-7-4-3-5-8-14)17-10-11-18(29-17)19(26)25-16(20(27)28)9-6-12-24-21(22)23/h3-5,7-8,10-11,15-16H,2,6,9,12-13H2,1H3,(H,25,26)(H,27,28)(H4,22,23,24)/t15?,16-/m0/s1. The quantitative estimate of drug-likeness (QED) is 0.254. The Morgan fingerprint density at radius 1 is 1.17 bits per heavy atom. The molecule has 1 aromatic carbocycles. The first-order chi connectivity index (χ1) is 13.9. The fourth-order valence-corrected chi connectivity index (χ4v) is 4.12. The smallest absolute Gasteiger partial charge is 0.326 e. The van der Waals surface area contributed by atoms with Crippen molar-refractivity contribution < 1.29 is 14.7 Å². The second-order valence-electron chi connectivity index (χ2n) is 6.81. The van der Waals surface area contributed by atoms with Crippen LogP contribution in [0.25, 0.3) is 0 Å². The minimum Gasteiger partial charge on any atom is -0.480 e. The van der Waals surface area contributed by atoms with Crippen LogP contribution in [0.15, 0.2) is 47.5 Å². The first-order valence-corrected chi connectivity index (χ1v) is 10.4. The van der Waals surface area contributed by atoms with Gasteiger partial charge < -0.3 is 21.9 Å². The Morgan fingerprint density at radius 2 is 1.90 bits per heavy atom. The van der Waals surface area contributed by atoms with Gasteiger partial charge in [0.15, 0.2) is 5.96 Å². The zero-order valence-corrected chi connectivity index (χ0v) is 17.3. The highest BCUT2D eigenvalue weighted by Crippen LogP contribution is 2.30. The second-order valence-corrected chi connectivity index (χ2v) is 7.93. The van der Waals surface area contributed by atoms with Crippen molar-refractivity contribution in [2.24, 2.45) is 16.5 Å². The van der Waals surface area contributed by atoms with Crippen LogP contribution in [0.4, 0.5) is 0 Å². The average Bonchev–Trinajstić information content (AvgIpc) is 3.19. The molecule has 1 amide bonds. The summed E-state index contributed by atoms with van der Waals surface area (Å²) in [5.74, 6) is -1.16. The van der Waals surface area contributed by atoms with Crippen LogP contribution in [0.2, 0.25) is 0 Å². The van der Waals surface area contributed by atoms with E-state index in [0.717, 1.165) is 17.7 Å². The number of carboxylic acids is 1. The second kappa shape index (κ2) is 11.2. The Hall–Kier alpha value is -2.87. The van der Waals surface area contributed by atoms with Crippen LogP contribution in [0.3, 0.4) is 0 Å². The van der Waals surface area contributed by atoms with Crippen LogP contribution >= 0.6 is 11.3 Å². The summed E-state index contributed by atoms with van der Waals surface area (Å²) in [5.41, 5.74) is 11.8. The van der Waals surface area contributed by atoms with Crippen molar-refractivity contribution in [3.63, 3.8) is 0 Å². The zero-order chi connectivity index (χ0) is 21.2. The van der Waals surface area contributed by atoms with Gasteiger partial charge in [0.05, 0.1) is 4.88 Å². The number of guanidine groups is 1. The number of aliphatic carboxylic acids is 1. The predicted octanol–water partition coefficient (Wildman–Crippen LogP) is 2.72. The molecular weight excluding hydrogens is 388 g/mol. The average molecular weight is 417 g/mol. The number of carbonyl (C=O) groups excluding carboxylic acids is 1. The summed E-state index contributed by atoms with van der Waals surface area (Å²) in [6.07, 6.45) is 2.57. The number of benzene rings is 1. The van der Waals surface area contributed by atoms with E-state index in [9.17, 15) is 14.7 Å². The molecule has 2 aromatic rings. The first-order valence-electron chi connectivity index (χ1n) is 9.63. The molecule has 0 aliphatic carbocycles. The lowest BCUT2D eigenvalue weighted by atomic mass is 9.95. The molecule has 2 atom stereocenters. The number of carboxylic acid groups (broad SMARTS) is 1. The highest BCUT2D eigenvalue weighted by molar-refractivity contribution is 7.14. The van der Waals surface area contributed by atoms with E-state index in [0.29, 0.717) is 23.8 Å². The Morgan fingerprint density at radius 3 is 2.52 bits per heavy atom. The summed E-state index contributed by atoms with van der Waals surface area (Å²) in [4.78, 5) is 29.5. The summed E-state index contributed by atoms with van der Waals surface area (Å²) < 4.78 is 0. The van der Waals surface area contributed by atoms with Crippen molar-refractivity contribution in [1.29, 1.82) is 0 Å². The van der Waals surface area contributed by atoms with Gasteiger partial charge in [0.25, 0.3) is 5.91 Å². The number of rotatable bonds is 11. The molecule has 8 heteroatoms. The Bertz CT molecular complexity index is 831. The predicted molar refractivity (Wildman–Crippen MR) is 116 cm³/mol. The summed E-state index contributed by atoms with van der Waals surface area (Å²) in [5, 5.41) is 12.0. The summed E-state index contributed by atoms with van der Waals surface area (Å²) >= 11 is 1.42. The van der Waals surface area contributed by atoms with E-state index < -0.39 is 12.0 Å². The number of amides is 1. The van der Waals surface area contributed by atoms with E-state index in [1.54, 1.807) is 6.07 Å². The fraction of sp³-hybridized carbons (Fsp3) is 0.381. The minimum absolute atomic E-state index is 0.0343. The van der Waals surface area contributed by atoms with Crippen LogP contribution in [0.1, 0.15) is 52.2 Å². The molecule has 0 radical (unpaired) electrons. The number of carbonyl (C=O) groups is 2. The molecule has 0 saturated carbocycles. The lowest BCUT2D eigenvalue weighted by Crippen LogP contribution is -2.40. The molecule has 0 fully saturated rings. The molecule has 6 N–H and O–H groups in total. The molecule has 0 saturated heterocycles. The minimum atomic E-state index is -1.07. The maximum absolute atomic E-state index is 12.6. The van der Waals surface area contributed by atoms with E-state index in [1.807, 2.05) is 24.3 Å². The monoisotopic (exact) mass is 416 g/mol. The molecule has 7 nitrogen and oxygen atoms in total. The number of thiophene rings is 1. The van der Waals surface area contributed by atoms with Crippen molar-refractivity contribution in [3.8, 4) is 0 Å². The van der Waals surface area contributed by atoms with Crippen molar-refractivity contribution in [3.05, 3.63) is 57.8 Å². The zero-order valence-electron chi connectivity index (χ0n) is 16.5. The normalized spacial score (nSPS) is 12.7. The van der Waals surface area contributed by atoms with Crippen LogP contribution in [-0.2, 0) is 11.2 Å². The Balaban J connectivity index is 1.98. The highest BCUT2D eigenvalue weighted by Gasteiger charge is 2.22. The van der Waals surface area contributed by atoms with E-state index in [4.69, 9.17) is 11.5 Å². The summed E-state index contributed by atoms with van der Waals surface area (Å²) in [6, 6.07) is 13.0. The topological polar surface area (TPSA) is 131 Å². The van der Waals surface area contributed by atoms with Gasteiger partial charge in [-0.25, -0.2) is 4.79 Å². The molecule has 1 aromatic heterocycles. The molecule has 156 valence electrons. The van der Waals surface area contributed by atoms with Gasteiger partial charge in [-0.2, -0.15) is 0 Å². The molecule has 0 aliphatic rings. The van der Waals surface area contributed by atoms with Crippen molar-refractivity contribution in [1.82, 2.24) is 5.32 Å². The van der Waals surface area contributed by atoms with E-state index in [-0.39, 0.29) is 18.3 Å². The number of nitrogens with two attached hydrogens (primary N) is 2. The van der Waals surface area contributed by atoms with Crippen molar-refractivity contribution in [2.75, 3.05) is 6.54 Å². The van der Waals surface area contributed by atoms with Gasteiger partial charge >= 0.3 is 5.97 Å². The molecule has 0 aliphatic heterocycles. The lowest BCUT2D eigenvalue weighted by molar-refractivity contribution is -0.139. The number of aliphatic imine (C=N–C) groups is 1. The molecule has 1 heterocycles. The fourth-order valence-electron chi connectivity index (χ4n) is 3.03. The Kier molecular flexibility index (Phi) is 8.67. The van der Waals surface area contributed by atoms with Gasteiger partial charge in [0, 0.05) is 11.4 Å². The van der Waals surface area contributed by atoms with Crippen LogP contribution in [0.5, 0.6) is 0 Å². The molecule has 29 heavy (non-hydrogen) atoms. The molecule has 2 rings (SSSR count). The number of hydrogen-bond donors (Lipinski definition) is 4.